The molecule has 2 aliphatic rings. The van der Waals surface area contributed by atoms with Crippen LogP contribution in [0.1, 0.15) is 72.1 Å². The number of likely N-dealkylation sites (tertiary alicyclic amines) is 1. The number of hydrogen-bond donors (Lipinski definition) is 0. The lowest BCUT2D eigenvalue weighted by atomic mass is 9.83. The Bertz CT molecular complexity index is 153. The summed E-state index contributed by atoms with van der Waals surface area (Å²) in [6.07, 6.45) is 11.8. The summed E-state index contributed by atoms with van der Waals surface area (Å²) in [5.41, 5.74) is 0. The Morgan fingerprint density at radius 2 is 1.44 bits per heavy atom. The second kappa shape index (κ2) is 8.11. The van der Waals surface area contributed by atoms with Gasteiger partial charge in [-0.3, -0.25) is 0 Å². The molecule has 0 N–H and O–H groups in total. The first-order chi connectivity index (χ1) is 7.90. The van der Waals surface area contributed by atoms with E-state index in [0.717, 1.165) is 12.0 Å². The van der Waals surface area contributed by atoms with Crippen LogP contribution in [0.3, 0.4) is 0 Å². The molecule has 0 radical (unpaired) electrons. The summed E-state index contributed by atoms with van der Waals surface area (Å²) >= 11 is 0. The molecule has 0 aromatic heterocycles. The molecule has 1 aliphatic carbocycles. The molecule has 0 atom stereocenters. The van der Waals surface area contributed by atoms with Crippen LogP contribution in [-0.4, -0.2) is 24.0 Å². The number of piperidine rings is 1. The second-order valence-corrected chi connectivity index (χ2v) is 5.18. The van der Waals surface area contributed by atoms with Gasteiger partial charge in [-0.15, -0.1) is 0 Å². The Kier molecular flexibility index (Phi) is 7.11. The molecule has 0 aromatic rings. The maximum Gasteiger partial charge on any atom is 0.00954 e. The van der Waals surface area contributed by atoms with Gasteiger partial charge in [0.25, 0.3) is 0 Å². The summed E-state index contributed by atoms with van der Waals surface area (Å²) < 4.78 is 0. The molecule has 1 heterocycles. The van der Waals surface area contributed by atoms with E-state index in [4.69, 9.17) is 0 Å². The van der Waals surface area contributed by atoms with E-state index in [9.17, 15) is 0 Å². The molecule has 0 amide bonds. The smallest absolute Gasteiger partial charge is 0.00954 e. The maximum atomic E-state index is 2.77. The topological polar surface area (TPSA) is 3.24 Å². The van der Waals surface area contributed by atoms with Crippen molar-refractivity contribution in [2.45, 2.75) is 78.2 Å². The molecule has 0 unspecified atom stereocenters. The summed E-state index contributed by atoms with van der Waals surface area (Å²) in [7, 11) is 0. The predicted octanol–water partition coefficient (Wildman–Crippen LogP) is 4.47. The van der Waals surface area contributed by atoms with Crippen molar-refractivity contribution >= 4 is 0 Å². The van der Waals surface area contributed by atoms with Crippen molar-refractivity contribution in [2.75, 3.05) is 13.1 Å². The zero-order valence-electron chi connectivity index (χ0n) is 11.7. The fourth-order valence-electron chi connectivity index (χ4n) is 3.20. The van der Waals surface area contributed by atoms with Gasteiger partial charge in [-0.1, -0.05) is 33.6 Å². The minimum atomic E-state index is 0.957. The monoisotopic (exact) mass is 225 g/mol. The Labute approximate surface area is 103 Å². The van der Waals surface area contributed by atoms with Crippen LogP contribution in [0.25, 0.3) is 0 Å². The molecule has 0 spiro atoms. The summed E-state index contributed by atoms with van der Waals surface area (Å²) in [5.74, 6) is 1.05. The highest BCUT2D eigenvalue weighted by Crippen LogP contribution is 2.30. The highest BCUT2D eigenvalue weighted by Gasteiger charge is 2.25. The fraction of sp³-hybridized carbons (Fsp3) is 1.00. The molecule has 1 aliphatic heterocycles. The predicted molar refractivity (Wildman–Crippen MR) is 72.8 cm³/mol. The van der Waals surface area contributed by atoms with Crippen molar-refractivity contribution in [3.63, 3.8) is 0 Å². The van der Waals surface area contributed by atoms with Crippen LogP contribution in [0, 0.1) is 5.92 Å². The largest absolute Gasteiger partial charge is 0.300 e. The van der Waals surface area contributed by atoms with Crippen molar-refractivity contribution < 1.29 is 0 Å². The van der Waals surface area contributed by atoms with Gasteiger partial charge in [0.05, 0.1) is 0 Å². The van der Waals surface area contributed by atoms with Crippen LogP contribution in [0.5, 0.6) is 0 Å². The van der Waals surface area contributed by atoms with Crippen LogP contribution in [0.2, 0.25) is 0 Å². The van der Waals surface area contributed by atoms with Crippen LogP contribution in [0.4, 0.5) is 0 Å². The average molecular weight is 225 g/mol. The van der Waals surface area contributed by atoms with Gasteiger partial charge >= 0.3 is 0 Å². The van der Waals surface area contributed by atoms with Crippen LogP contribution < -0.4 is 0 Å². The minimum absolute atomic E-state index is 0.957. The van der Waals surface area contributed by atoms with Gasteiger partial charge in [0, 0.05) is 6.04 Å². The van der Waals surface area contributed by atoms with E-state index < -0.39 is 0 Å². The SMILES string of the molecule is CC.CCC1CCC(N2CCCCC2)CC1. The van der Waals surface area contributed by atoms with E-state index in [1.165, 1.54) is 64.5 Å². The number of nitrogens with zero attached hydrogens (tertiary/aromatic N) is 1. The maximum absolute atomic E-state index is 2.77. The lowest BCUT2D eigenvalue weighted by Gasteiger charge is -2.38. The minimum Gasteiger partial charge on any atom is -0.300 e. The zero-order chi connectivity index (χ0) is 11.8. The van der Waals surface area contributed by atoms with Gasteiger partial charge < -0.3 is 4.90 Å². The number of rotatable bonds is 2. The van der Waals surface area contributed by atoms with Crippen molar-refractivity contribution in [1.29, 1.82) is 0 Å². The van der Waals surface area contributed by atoms with E-state index in [1.54, 1.807) is 0 Å². The Morgan fingerprint density at radius 1 is 0.875 bits per heavy atom. The van der Waals surface area contributed by atoms with Crippen molar-refractivity contribution in [2.24, 2.45) is 5.92 Å². The van der Waals surface area contributed by atoms with E-state index >= 15 is 0 Å². The van der Waals surface area contributed by atoms with Crippen molar-refractivity contribution in [3.05, 3.63) is 0 Å². The van der Waals surface area contributed by atoms with Gasteiger partial charge in [0.1, 0.15) is 0 Å². The molecular formula is C15H31N. The third-order valence-corrected chi connectivity index (χ3v) is 4.30. The highest BCUT2D eigenvalue weighted by atomic mass is 15.2. The van der Waals surface area contributed by atoms with E-state index in [2.05, 4.69) is 11.8 Å². The summed E-state index contributed by atoms with van der Waals surface area (Å²) in [6.45, 7) is 9.13. The first-order valence-corrected chi connectivity index (χ1v) is 7.64. The summed E-state index contributed by atoms with van der Waals surface area (Å²) in [4.78, 5) is 2.77. The van der Waals surface area contributed by atoms with E-state index in [-0.39, 0.29) is 0 Å². The second-order valence-electron chi connectivity index (χ2n) is 5.18. The molecule has 0 bridgehead atoms. The van der Waals surface area contributed by atoms with Gasteiger partial charge in [0.2, 0.25) is 0 Å². The first-order valence-electron chi connectivity index (χ1n) is 7.64. The Balaban J connectivity index is 0.000000606. The van der Waals surface area contributed by atoms with Crippen LogP contribution in [0.15, 0.2) is 0 Å². The van der Waals surface area contributed by atoms with E-state index in [0.29, 0.717) is 0 Å². The van der Waals surface area contributed by atoms with Gasteiger partial charge in [-0.25, -0.2) is 0 Å². The molecule has 1 nitrogen and oxygen atoms in total. The third kappa shape index (κ3) is 4.08. The Morgan fingerprint density at radius 3 is 1.94 bits per heavy atom. The summed E-state index contributed by atoms with van der Waals surface area (Å²) in [5, 5.41) is 0. The normalized spacial score (nSPS) is 31.7. The average Bonchev–Trinajstić information content (AvgIpc) is 2.42. The lowest BCUT2D eigenvalue weighted by Crippen LogP contribution is -2.41. The number of hydrogen-bond acceptors (Lipinski definition) is 1. The van der Waals surface area contributed by atoms with Crippen molar-refractivity contribution in [3.8, 4) is 0 Å². The molecule has 16 heavy (non-hydrogen) atoms. The molecule has 1 saturated heterocycles. The lowest BCUT2D eigenvalue weighted by molar-refractivity contribution is 0.114. The molecule has 96 valence electrons. The molecule has 2 fully saturated rings. The van der Waals surface area contributed by atoms with Crippen LogP contribution >= 0.6 is 0 Å². The molecule has 0 aromatic carbocycles. The van der Waals surface area contributed by atoms with Gasteiger partial charge in [-0.2, -0.15) is 0 Å². The zero-order valence-corrected chi connectivity index (χ0v) is 11.7. The van der Waals surface area contributed by atoms with Crippen molar-refractivity contribution in [1.82, 2.24) is 4.90 Å². The molecule has 1 saturated carbocycles. The van der Waals surface area contributed by atoms with Gasteiger partial charge in [0.15, 0.2) is 0 Å². The molecule has 1 heteroatoms. The van der Waals surface area contributed by atoms with Crippen LogP contribution in [-0.2, 0) is 0 Å². The van der Waals surface area contributed by atoms with Gasteiger partial charge in [-0.05, 0) is 57.5 Å². The third-order valence-electron chi connectivity index (χ3n) is 4.30. The highest BCUT2D eigenvalue weighted by molar-refractivity contribution is 4.80. The standard InChI is InChI=1S/C13H25N.C2H6/c1-2-12-6-8-13(9-7-12)14-10-4-3-5-11-14;1-2/h12-13H,2-11H2,1H3;1-2H3. The first kappa shape index (κ1) is 14.0. The fourth-order valence-corrected chi connectivity index (χ4v) is 3.20. The molecule has 2 rings (SSSR count). The van der Waals surface area contributed by atoms with E-state index in [1.807, 2.05) is 13.8 Å². The summed E-state index contributed by atoms with van der Waals surface area (Å²) in [6, 6.07) is 0.957. The molecular weight excluding hydrogens is 194 g/mol. The Hall–Kier alpha value is -0.0400. The quantitative estimate of drug-likeness (QED) is 0.670.